The first-order valence-corrected chi connectivity index (χ1v) is 5.31. The van der Waals surface area contributed by atoms with Crippen molar-refractivity contribution in [1.82, 2.24) is 4.98 Å². The minimum Gasteiger partial charge on any atom is -0.266 e. The molecule has 82 valence electrons. The Morgan fingerprint density at radius 2 is 2.00 bits per heavy atom. The SMILES string of the molecule is O=C1C=NC(Cc2cccc3cccnc23)=N1. The molecule has 0 radical (unpaired) electrons. The molecule has 0 fully saturated rings. The van der Waals surface area contributed by atoms with E-state index in [4.69, 9.17) is 0 Å². The van der Waals surface area contributed by atoms with Gasteiger partial charge in [0.25, 0.3) is 5.91 Å². The minimum atomic E-state index is -0.284. The fourth-order valence-electron chi connectivity index (χ4n) is 1.88. The Balaban J connectivity index is 2.04. The molecule has 0 saturated carbocycles. The number of aliphatic imine (C=N–C) groups is 2. The zero-order valence-electron chi connectivity index (χ0n) is 9.00. The molecule has 1 aromatic heterocycles. The first-order valence-electron chi connectivity index (χ1n) is 5.31. The third kappa shape index (κ3) is 1.85. The minimum absolute atomic E-state index is 0.284. The standard InChI is InChI=1S/C13H9N3O/c17-12-8-15-11(16-12)7-10-4-1-3-9-5-2-6-14-13(9)10/h1-6,8H,7H2. The normalized spacial score (nSPS) is 14.4. The maximum Gasteiger partial charge on any atom is 0.289 e. The largest absolute Gasteiger partial charge is 0.289 e. The number of aromatic nitrogens is 1. The highest BCUT2D eigenvalue weighted by molar-refractivity contribution is 6.35. The van der Waals surface area contributed by atoms with E-state index in [1.165, 1.54) is 6.21 Å². The average molecular weight is 223 g/mol. The molecule has 1 amide bonds. The van der Waals surface area contributed by atoms with Crippen LogP contribution in [0.15, 0.2) is 46.5 Å². The first kappa shape index (κ1) is 9.84. The van der Waals surface area contributed by atoms with E-state index in [0.29, 0.717) is 12.3 Å². The van der Waals surface area contributed by atoms with Crippen LogP contribution in [0, 0.1) is 0 Å². The van der Waals surface area contributed by atoms with Crippen LogP contribution in [0.2, 0.25) is 0 Å². The second-order valence-corrected chi connectivity index (χ2v) is 3.79. The van der Waals surface area contributed by atoms with Gasteiger partial charge in [0.05, 0.1) is 11.7 Å². The van der Waals surface area contributed by atoms with Crippen LogP contribution < -0.4 is 0 Å². The van der Waals surface area contributed by atoms with Gasteiger partial charge in [-0.15, -0.1) is 0 Å². The lowest BCUT2D eigenvalue weighted by Crippen LogP contribution is -1.99. The van der Waals surface area contributed by atoms with Crippen molar-refractivity contribution >= 4 is 28.9 Å². The van der Waals surface area contributed by atoms with Crippen LogP contribution in [0.4, 0.5) is 0 Å². The highest BCUT2D eigenvalue weighted by atomic mass is 16.1. The number of nitrogens with zero attached hydrogens (tertiary/aromatic N) is 3. The summed E-state index contributed by atoms with van der Waals surface area (Å²) >= 11 is 0. The molecule has 1 aliphatic rings. The number of amides is 1. The molecule has 0 bridgehead atoms. The Bertz CT molecular complexity index is 653. The van der Waals surface area contributed by atoms with Gasteiger partial charge in [-0.1, -0.05) is 24.3 Å². The van der Waals surface area contributed by atoms with Gasteiger partial charge in [-0.25, -0.2) is 4.99 Å². The van der Waals surface area contributed by atoms with Crippen molar-refractivity contribution in [3.8, 4) is 0 Å². The number of amidine groups is 1. The zero-order chi connectivity index (χ0) is 11.7. The van der Waals surface area contributed by atoms with E-state index in [0.717, 1.165) is 16.5 Å². The van der Waals surface area contributed by atoms with Crippen LogP contribution in [0.5, 0.6) is 0 Å². The van der Waals surface area contributed by atoms with Crippen LogP contribution in [-0.2, 0) is 11.2 Å². The second kappa shape index (κ2) is 3.90. The molecule has 2 heterocycles. The fraction of sp³-hybridized carbons (Fsp3) is 0.0769. The molecule has 1 aliphatic heterocycles. The van der Waals surface area contributed by atoms with Crippen LogP contribution in [0.25, 0.3) is 10.9 Å². The van der Waals surface area contributed by atoms with Crippen LogP contribution in [0.1, 0.15) is 5.56 Å². The molecule has 1 aromatic carbocycles. The number of hydrogen-bond acceptors (Lipinski definition) is 3. The molecule has 4 heteroatoms. The van der Waals surface area contributed by atoms with E-state index >= 15 is 0 Å². The third-order valence-corrected chi connectivity index (χ3v) is 2.63. The Labute approximate surface area is 97.7 Å². The van der Waals surface area contributed by atoms with Gasteiger partial charge in [0.2, 0.25) is 0 Å². The van der Waals surface area contributed by atoms with Gasteiger partial charge in [-0.2, -0.15) is 4.99 Å². The highest BCUT2D eigenvalue weighted by Crippen LogP contribution is 2.17. The number of pyridine rings is 1. The molecule has 17 heavy (non-hydrogen) atoms. The molecule has 0 atom stereocenters. The molecule has 0 saturated heterocycles. The van der Waals surface area contributed by atoms with Crippen molar-refractivity contribution in [3.63, 3.8) is 0 Å². The number of fused-ring (bicyclic) bond motifs is 1. The van der Waals surface area contributed by atoms with E-state index < -0.39 is 0 Å². The number of carbonyl (C=O) groups is 1. The Morgan fingerprint density at radius 1 is 1.12 bits per heavy atom. The van der Waals surface area contributed by atoms with Gasteiger partial charge in [0.1, 0.15) is 5.84 Å². The topological polar surface area (TPSA) is 54.7 Å². The third-order valence-electron chi connectivity index (χ3n) is 2.63. The van der Waals surface area contributed by atoms with Crippen LogP contribution in [0.3, 0.4) is 0 Å². The smallest absolute Gasteiger partial charge is 0.266 e. The fourth-order valence-corrected chi connectivity index (χ4v) is 1.88. The molecule has 0 N–H and O–H groups in total. The lowest BCUT2D eigenvalue weighted by atomic mass is 10.1. The molecule has 0 aliphatic carbocycles. The van der Waals surface area contributed by atoms with E-state index in [9.17, 15) is 4.79 Å². The van der Waals surface area contributed by atoms with Crippen molar-refractivity contribution in [2.75, 3.05) is 0 Å². The van der Waals surface area contributed by atoms with Crippen molar-refractivity contribution in [1.29, 1.82) is 0 Å². The predicted molar refractivity (Wildman–Crippen MR) is 66.4 cm³/mol. The summed E-state index contributed by atoms with van der Waals surface area (Å²) in [5, 5.41) is 1.08. The van der Waals surface area contributed by atoms with Gasteiger partial charge in [-0.3, -0.25) is 9.78 Å². The van der Waals surface area contributed by atoms with E-state index in [1.807, 2.05) is 30.3 Å². The number of para-hydroxylation sites is 1. The van der Waals surface area contributed by atoms with Crippen LogP contribution >= 0.6 is 0 Å². The zero-order valence-corrected chi connectivity index (χ0v) is 9.00. The van der Waals surface area contributed by atoms with Gasteiger partial charge < -0.3 is 0 Å². The van der Waals surface area contributed by atoms with Gasteiger partial charge in [0.15, 0.2) is 0 Å². The van der Waals surface area contributed by atoms with E-state index in [2.05, 4.69) is 15.0 Å². The summed E-state index contributed by atoms with van der Waals surface area (Å²) in [5.74, 6) is 0.265. The maximum absolute atomic E-state index is 11.0. The molecular formula is C13H9N3O. The molecule has 3 rings (SSSR count). The predicted octanol–water partition coefficient (Wildman–Crippen LogP) is 1.79. The lowest BCUT2D eigenvalue weighted by molar-refractivity contribution is -0.111. The summed E-state index contributed by atoms with van der Waals surface area (Å²) in [4.78, 5) is 23.1. The summed E-state index contributed by atoms with van der Waals surface area (Å²) in [6.45, 7) is 0. The Kier molecular flexibility index (Phi) is 2.26. The Hall–Kier alpha value is -2.36. The molecule has 4 nitrogen and oxygen atoms in total. The Morgan fingerprint density at radius 3 is 2.82 bits per heavy atom. The molecule has 2 aromatic rings. The lowest BCUT2D eigenvalue weighted by Gasteiger charge is -2.03. The summed E-state index contributed by atoms with van der Waals surface area (Å²) in [6, 6.07) is 9.88. The second-order valence-electron chi connectivity index (χ2n) is 3.79. The summed E-state index contributed by atoms with van der Waals surface area (Å²) < 4.78 is 0. The number of carbonyl (C=O) groups excluding carboxylic acids is 1. The maximum atomic E-state index is 11.0. The quantitative estimate of drug-likeness (QED) is 0.779. The summed E-state index contributed by atoms with van der Waals surface area (Å²) in [6.07, 6.45) is 3.54. The molecule has 0 spiro atoms. The monoisotopic (exact) mass is 223 g/mol. The molecule has 0 unspecified atom stereocenters. The average Bonchev–Trinajstić information content (AvgIpc) is 2.75. The summed E-state index contributed by atoms with van der Waals surface area (Å²) in [7, 11) is 0. The van der Waals surface area contributed by atoms with Gasteiger partial charge >= 0.3 is 0 Å². The van der Waals surface area contributed by atoms with Crippen molar-refractivity contribution < 1.29 is 4.79 Å². The highest BCUT2D eigenvalue weighted by Gasteiger charge is 2.10. The summed E-state index contributed by atoms with van der Waals surface area (Å²) in [5.41, 5.74) is 1.97. The number of benzene rings is 1. The van der Waals surface area contributed by atoms with Crippen molar-refractivity contribution in [2.45, 2.75) is 6.42 Å². The van der Waals surface area contributed by atoms with Crippen molar-refractivity contribution in [3.05, 3.63) is 42.1 Å². The van der Waals surface area contributed by atoms with Crippen molar-refractivity contribution in [2.24, 2.45) is 9.98 Å². The molecular weight excluding hydrogens is 214 g/mol. The van der Waals surface area contributed by atoms with Crippen LogP contribution in [-0.4, -0.2) is 22.9 Å². The van der Waals surface area contributed by atoms with Gasteiger partial charge in [-0.05, 0) is 11.6 Å². The number of rotatable bonds is 2. The van der Waals surface area contributed by atoms with E-state index in [-0.39, 0.29) is 5.91 Å². The van der Waals surface area contributed by atoms with Gasteiger partial charge in [0, 0.05) is 18.0 Å². The van der Waals surface area contributed by atoms with E-state index in [1.54, 1.807) is 6.20 Å². The first-order chi connectivity index (χ1) is 8.33. The number of hydrogen-bond donors (Lipinski definition) is 0.